The lowest BCUT2D eigenvalue weighted by Crippen LogP contribution is -2.24. The van der Waals surface area contributed by atoms with E-state index in [1.54, 1.807) is 12.1 Å². The summed E-state index contributed by atoms with van der Waals surface area (Å²) >= 11 is 0. The van der Waals surface area contributed by atoms with Crippen LogP contribution in [0.3, 0.4) is 0 Å². The number of aliphatic hydroxyl groups is 1. The van der Waals surface area contributed by atoms with Crippen LogP contribution < -0.4 is 4.90 Å². The van der Waals surface area contributed by atoms with Crippen molar-refractivity contribution in [3.8, 4) is 0 Å². The second-order valence-corrected chi connectivity index (χ2v) is 5.33. The summed E-state index contributed by atoms with van der Waals surface area (Å²) in [4.78, 5) is 13.0. The molecule has 0 radical (unpaired) electrons. The van der Waals surface area contributed by atoms with E-state index >= 15 is 0 Å². The summed E-state index contributed by atoms with van der Waals surface area (Å²) in [6.07, 6.45) is 1.88. The van der Waals surface area contributed by atoms with Gasteiger partial charge in [-0.25, -0.2) is 4.79 Å². The quantitative estimate of drug-likeness (QED) is 0.833. The van der Waals surface area contributed by atoms with Crippen molar-refractivity contribution in [2.45, 2.75) is 18.9 Å². The zero-order valence-corrected chi connectivity index (χ0v) is 10.1. The molecule has 1 aromatic rings. The van der Waals surface area contributed by atoms with Crippen molar-refractivity contribution in [1.82, 2.24) is 0 Å². The number of fused-ring (bicyclic) bond motifs is 1. The molecule has 0 aromatic heterocycles. The van der Waals surface area contributed by atoms with Gasteiger partial charge in [0.1, 0.15) is 0 Å². The third-order valence-corrected chi connectivity index (χ3v) is 4.30. The van der Waals surface area contributed by atoms with Crippen molar-refractivity contribution in [3.63, 3.8) is 0 Å². The standard InChI is InChI=1S/C14H17NO3/c16-13-6-3-10-7-15(8-12(10)13)11-4-1-9(2-5-11)14(17)18/h1-2,4-5,10,12-13,16H,3,6-8H2,(H,17,18). The summed E-state index contributed by atoms with van der Waals surface area (Å²) in [6, 6.07) is 7.00. The van der Waals surface area contributed by atoms with Gasteiger partial charge in [-0.05, 0) is 43.0 Å². The Balaban J connectivity index is 1.75. The number of carboxylic acid groups (broad SMARTS) is 1. The Morgan fingerprint density at radius 2 is 1.89 bits per heavy atom. The molecule has 0 spiro atoms. The summed E-state index contributed by atoms with van der Waals surface area (Å²) in [5.74, 6) is 0.0959. The average molecular weight is 247 g/mol. The molecule has 2 aliphatic rings. The molecule has 4 heteroatoms. The fourth-order valence-electron chi connectivity index (χ4n) is 3.26. The zero-order chi connectivity index (χ0) is 12.7. The van der Waals surface area contributed by atoms with Crippen LogP contribution in [0.15, 0.2) is 24.3 Å². The van der Waals surface area contributed by atoms with Gasteiger partial charge in [-0.15, -0.1) is 0 Å². The molecule has 4 nitrogen and oxygen atoms in total. The smallest absolute Gasteiger partial charge is 0.335 e. The first kappa shape index (κ1) is 11.5. The van der Waals surface area contributed by atoms with E-state index in [-0.39, 0.29) is 6.10 Å². The maximum atomic E-state index is 10.8. The van der Waals surface area contributed by atoms with Gasteiger partial charge in [0.05, 0.1) is 11.7 Å². The Morgan fingerprint density at radius 3 is 2.50 bits per heavy atom. The van der Waals surface area contributed by atoms with Crippen molar-refractivity contribution in [2.24, 2.45) is 11.8 Å². The van der Waals surface area contributed by atoms with Crippen molar-refractivity contribution >= 4 is 11.7 Å². The summed E-state index contributed by atoms with van der Waals surface area (Å²) in [5.41, 5.74) is 1.37. The number of nitrogens with zero attached hydrogens (tertiary/aromatic N) is 1. The second kappa shape index (κ2) is 4.28. The first-order valence-corrected chi connectivity index (χ1v) is 6.41. The number of carboxylic acids is 1. The van der Waals surface area contributed by atoms with Crippen molar-refractivity contribution in [1.29, 1.82) is 0 Å². The summed E-state index contributed by atoms with van der Waals surface area (Å²) in [6.45, 7) is 1.87. The maximum Gasteiger partial charge on any atom is 0.335 e. The SMILES string of the molecule is O=C(O)c1ccc(N2CC3CCC(O)C3C2)cc1. The van der Waals surface area contributed by atoms with Crippen LogP contribution in [0.4, 0.5) is 5.69 Å². The summed E-state index contributed by atoms with van der Waals surface area (Å²) in [5, 5.41) is 18.7. The molecule has 1 aliphatic heterocycles. The number of carbonyl (C=O) groups is 1. The predicted molar refractivity (Wildman–Crippen MR) is 67.8 cm³/mol. The first-order valence-electron chi connectivity index (χ1n) is 6.41. The van der Waals surface area contributed by atoms with Crippen LogP contribution in [0.25, 0.3) is 0 Å². The van der Waals surface area contributed by atoms with Gasteiger partial charge in [-0.2, -0.15) is 0 Å². The summed E-state index contributed by atoms with van der Waals surface area (Å²) in [7, 11) is 0. The Kier molecular flexibility index (Phi) is 2.74. The number of hydrogen-bond acceptors (Lipinski definition) is 3. The minimum absolute atomic E-state index is 0.154. The lowest BCUT2D eigenvalue weighted by Gasteiger charge is -2.20. The number of hydrogen-bond donors (Lipinski definition) is 2. The number of benzene rings is 1. The number of aliphatic hydroxyl groups excluding tert-OH is 1. The highest BCUT2D eigenvalue weighted by Gasteiger charge is 2.41. The minimum Gasteiger partial charge on any atom is -0.478 e. The van der Waals surface area contributed by atoms with Gasteiger partial charge >= 0.3 is 5.97 Å². The molecule has 96 valence electrons. The molecule has 1 aliphatic carbocycles. The van der Waals surface area contributed by atoms with E-state index in [9.17, 15) is 9.90 Å². The van der Waals surface area contributed by atoms with E-state index in [1.165, 1.54) is 0 Å². The molecular formula is C14H17NO3. The molecule has 3 unspecified atom stereocenters. The largest absolute Gasteiger partial charge is 0.478 e. The van der Waals surface area contributed by atoms with Crippen molar-refractivity contribution < 1.29 is 15.0 Å². The molecule has 1 saturated carbocycles. The van der Waals surface area contributed by atoms with Crippen LogP contribution in [-0.4, -0.2) is 35.4 Å². The monoisotopic (exact) mass is 247 g/mol. The van der Waals surface area contributed by atoms with E-state index in [0.29, 0.717) is 17.4 Å². The van der Waals surface area contributed by atoms with Crippen LogP contribution in [0.2, 0.25) is 0 Å². The van der Waals surface area contributed by atoms with Crippen LogP contribution >= 0.6 is 0 Å². The van der Waals surface area contributed by atoms with Crippen LogP contribution in [-0.2, 0) is 0 Å². The molecule has 0 bridgehead atoms. The highest BCUT2D eigenvalue weighted by Crippen LogP contribution is 2.39. The van der Waals surface area contributed by atoms with E-state index in [0.717, 1.165) is 31.6 Å². The van der Waals surface area contributed by atoms with E-state index in [4.69, 9.17) is 5.11 Å². The molecule has 3 rings (SSSR count). The van der Waals surface area contributed by atoms with Crippen molar-refractivity contribution in [2.75, 3.05) is 18.0 Å². The molecule has 2 fully saturated rings. The van der Waals surface area contributed by atoms with Crippen LogP contribution in [0.1, 0.15) is 23.2 Å². The van der Waals surface area contributed by atoms with Gasteiger partial charge in [0, 0.05) is 24.7 Å². The van der Waals surface area contributed by atoms with Crippen LogP contribution in [0.5, 0.6) is 0 Å². The second-order valence-electron chi connectivity index (χ2n) is 5.33. The predicted octanol–water partition coefficient (Wildman–Crippen LogP) is 1.59. The number of rotatable bonds is 2. The third kappa shape index (κ3) is 1.86. The number of aromatic carboxylic acids is 1. The molecule has 18 heavy (non-hydrogen) atoms. The Labute approximate surface area is 106 Å². The first-order chi connectivity index (χ1) is 8.65. The van der Waals surface area contributed by atoms with Gasteiger partial charge in [0.2, 0.25) is 0 Å². The Morgan fingerprint density at radius 1 is 1.17 bits per heavy atom. The highest BCUT2D eigenvalue weighted by atomic mass is 16.4. The van der Waals surface area contributed by atoms with Gasteiger partial charge in [-0.3, -0.25) is 0 Å². The lowest BCUT2D eigenvalue weighted by atomic mass is 10.00. The molecule has 1 heterocycles. The zero-order valence-electron chi connectivity index (χ0n) is 10.1. The highest BCUT2D eigenvalue weighted by molar-refractivity contribution is 5.88. The molecule has 3 atom stereocenters. The van der Waals surface area contributed by atoms with Gasteiger partial charge in [-0.1, -0.05) is 0 Å². The Hall–Kier alpha value is -1.55. The molecule has 1 aromatic carbocycles. The summed E-state index contributed by atoms with van der Waals surface area (Å²) < 4.78 is 0. The maximum absolute atomic E-state index is 10.8. The molecule has 0 amide bonds. The molecular weight excluding hydrogens is 230 g/mol. The lowest BCUT2D eigenvalue weighted by molar-refractivity contribution is 0.0697. The van der Waals surface area contributed by atoms with Gasteiger partial charge < -0.3 is 15.1 Å². The van der Waals surface area contributed by atoms with E-state index in [1.807, 2.05) is 12.1 Å². The molecule has 2 N–H and O–H groups in total. The fraction of sp³-hybridized carbons (Fsp3) is 0.500. The topological polar surface area (TPSA) is 60.8 Å². The average Bonchev–Trinajstić information content (AvgIpc) is 2.92. The van der Waals surface area contributed by atoms with E-state index in [2.05, 4.69) is 4.90 Å². The minimum atomic E-state index is -0.893. The molecule has 1 saturated heterocycles. The Bertz CT molecular complexity index is 457. The van der Waals surface area contributed by atoms with Crippen molar-refractivity contribution in [3.05, 3.63) is 29.8 Å². The van der Waals surface area contributed by atoms with Gasteiger partial charge in [0.25, 0.3) is 0 Å². The number of anilines is 1. The third-order valence-electron chi connectivity index (χ3n) is 4.30. The van der Waals surface area contributed by atoms with E-state index < -0.39 is 5.97 Å². The van der Waals surface area contributed by atoms with Crippen LogP contribution in [0, 0.1) is 11.8 Å². The van der Waals surface area contributed by atoms with Gasteiger partial charge in [0.15, 0.2) is 0 Å². The fourth-order valence-corrected chi connectivity index (χ4v) is 3.26. The normalized spacial score (nSPS) is 30.5.